The van der Waals surface area contributed by atoms with Crippen molar-refractivity contribution >= 4 is 23.3 Å². The number of nitrogens with zero attached hydrogens (tertiary/aromatic N) is 2. The van der Waals surface area contributed by atoms with Crippen LogP contribution >= 0.6 is 11.3 Å². The first kappa shape index (κ1) is 19.8. The van der Waals surface area contributed by atoms with Gasteiger partial charge in [0.1, 0.15) is 23.1 Å². The van der Waals surface area contributed by atoms with E-state index in [2.05, 4.69) is 9.98 Å². The van der Waals surface area contributed by atoms with Gasteiger partial charge in [-0.05, 0) is 73.9 Å². The van der Waals surface area contributed by atoms with Crippen LogP contribution in [0, 0.1) is 20.8 Å². The van der Waals surface area contributed by atoms with E-state index < -0.39 is 0 Å². The predicted molar refractivity (Wildman–Crippen MR) is 113 cm³/mol. The molecule has 0 aliphatic heterocycles. The van der Waals surface area contributed by atoms with Crippen LogP contribution in [-0.2, 0) is 0 Å². The molecule has 0 bridgehead atoms. The Morgan fingerprint density at radius 1 is 1.18 bits per heavy atom. The quantitative estimate of drug-likeness (QED) is 0.484. The second kappa shape index (κ2) is 8.35. The van der Waals surface area contributed by atoms with E-state index in [1.54, 1.807) is 13.3 Å². The van der Waals surface area contributed by atoms with E-state index in [-0.39, 0.29) is 12.3 Å². The third-order valence-corrected chi connectivity index (χ3v) is 5.62. The van der Waals surface area contributed by atoms with Crippen LogP contribution in [0.5, 0.6) is 11.5 Å². The van der Waals surface area contributed by atoms with Gasteiger partial charge in [-0.2, -0.15) is 0 Å². The molecule has 0 spiro atoms. The van der Waals surface area contributed by atoms with Crippen LogP contribution in [0.2, 0.25) is 0 Å². The second-order valence-corrected chi connectivity index (χ2v) is 7.56. The minimum absolute atomic E-state index is 0.0572. The van der Waals surface area contributed by atoms with Gasteiger partial charge in [0.05, 0.1) is 17.7 Å². The number of rotatable bonds is 6. The zero-order valence-electron chi connectivity index (χ0n) is 16.3. The summed E-state index contributed by atoms with van der Waals surface area (Å²) in [6, 6.07) is 11.3. The number of benzene rings is 2. The molecule has 0 fully saturated rings. The molecule has 144 valence electrons. The van der Waals surface area contributed by atoms with E-state index in [0.717, 1.165) is 33.0 Å². The molecule has 0 unspecified atom stereocenters. The lowest BCUT2D eigenvalue weighted by Gasteiger charge is -2.04. The van der Waals surface area contributed by atoms with Gasteiger partial charge < -0.3 is 9.84 Å². The molecule has 1 aromatic heterocycles. The molecule has 0 radical (unpaired) electrons. The van der Waals surface area contributed by atoms with Crippen molar-refractivity contribution in [2.45, 2.75) is 20.8 Å². The third-order valence-electron chi connectivity index (χ3n) is 4.38. The molecule has 0 aliphatic carbocycles. The smallest absolute Gasteiger partial charge is 0.196 e. The van der Waals surface area contributed by atoms with Crippen molar-refractivity contribution in [1.29, 1.82) is 0 Å². The molecule has 1 N–H and O–H groups in total. The summed E-state index contributed by atoms with van der Waals surface area (Å²) in [5.41, 5.74) is 4.10. The van der Waals surface area contributed by atoms with Crippen molar-refractivity contribution < 1.29 is 14.6 Å². The van der Waals surface area contributed by atoms with Crippen LogP contribution in [0.25, 0.3) is 10.6 Å². The summed E-state index contributed by atoms with van der Waals surface area (Å²) in [5.74, 6) is 1.01. The number of aliphatic imine (C=N–C) groups is 1. The molecule has 6 heteroatoms. The maximum Gasteiger partial charge on any atom is 0.196 e. The first-order valence-electron chi connectivity index (χ1n) is 8.84. The number of hydrogen-bond donors (Lipinski definition) is 1. The number of ketones is 1. The molecule has 1 heterocycles. The number of aromatic hydroxyl groups is 1. The number of aryl methyl sites for hydroxylation is 3. The van der Waals surface area contributed by atoms with Gasteiger partial charge in [-0.15, -0.1) is 11.3 Å². The van der Waals surface area contributed by atoms with Crippen molar-refractivity contribution in [2.24, 2.45) is 4.99 Å². The van der Waals surface area contributed by atoms with E-state index in [0.29, 0.717) is 16.3 Å². The van der Waals surface area contributed by atoms with E-state index in [1.807, 2.05) is 57.2 Å². The average Bonchev–Trinajstić information content (AvgIpc) is 3.07. The summed E-state index contributed by atoms with van der Waals surface area (Å²) in [5, 5.41) is 10.6. The number of methoxy groups -OCH3 is 1. The van der Waals surface area contributed by atoms with Gasteiger partial charge in [0, 0.05) is 11.8 Å². The Labute approximate surface area is 168 Å². The van der Waals surface area contributed by atoms with Crippen LogP contribution in [0.3, 0.4) is 0 Å². The number of Topliss-reactive ketones (excluding diaryl/α,β-unsaturated/α-hetero) is 1. The lowest BCUT2D eigenvalue weighted by molar-refractivity contribution is 0.100. The topological polar surface area (TPSA) is 71.8 Å². The fourth-order valence-electron chi connectivity index (χ4n) is 2.88. The van der Waals surface area contributed by atoms with Gasteiger partial charge in [-0.25, -0.2) is 4.98 Å². The fourth-order valence-corrected chi connectivity index (χ4v) is 3.88. The van der Waals surface area contributed by atoms with Crippen molar-refractivity contribution in [2.75, 3.05) is 13.7 Å². The first-order chi connectivity index (χ1) is 13.4. The summed E-state index contributed by atoms with van der Waals surface area (Å²) in [7, 11) is 1.63. The molecule has 3 aromatic rings. The molecular formula is C22H22N2O3S. The summed E-state index contributed by atoms with van der Waals surface area (Å²) >= 11 is 1.38. The predicted octanol–water partition coefficient (Wildman–Crippen LogP) is 4.75. The van der Waals surface area contributed by atoms with E-state index >= 15 is 0 Å². The second-order valence-electron chi connectivity index (χ2n) is 6.56. The monoisotopic (exact) mass is 394 g/mol. The summed E-state index contributed by atoms with van der Waals surface area (Å²) in [4.78, 5) is 22.0. The van der Waals surface area contributed by atoms with Crippen LogP contribution in [0.1, 0.15) is 32.1 Å². The summed E-state index contributed by atoms with van der Waals surface area (Å²) in [6.45, 7) is 5.58. The Morgan fingerprint density at radius 2 is 1.82 bits per heavy atom. The molecule has 5 nitrogen and oxygen atoms in total. The molecule has 0 saturated carbocycles. The van der Waals surface area contributed by atoms with Gasteiger partial charge >= 0.3 is 0 Å². The number of thiazole rings is 1. The molecular weight excluding hydrogens is 372 g/mol. The first-order valence-corrected chi connectivity index (χ1v) is 9.65. The maximum atomic E-state index is 12.6. The molecule has 2 aromatic carbocycles. The molecule has 0 aliphatic rings. The zero-order valence-corrected chi connectivity index (χ0v) is 17.1. The van der Waals surface area contributed by atoms with Gasteiger partial charge in [0.15, 0.2) is 5.78 Å². The van der Waals surface area contributed by atoms with Gasteiger partial charge in [-0.3, -0.25) is 9.79 Å². The summed E-state index contributed by atoms with van der Waals surface area (Å²) < 4.78 is 5.17. The van der Waals surface area contributed by atoms with Crippen LogP contribution in [0.15, 0.2) is 41.4 Å². The number of ether oxygens (including phenoxy) is 1. The normalized spacial score (nSPS) is 11.1. The van der Waals surface area contributed by atoms with Gasteiger partial charge in [0.2, 0.25) is 0 Å². The average molecular weight is 394 g/mol. The standard InChI is InChI=1S/C22H22N2O3S/c1-13-9-16(10-14(2)20(13)26)11-23-12-19(25)21-15(3)24-22(28-21)17-5-7-18(27-4)8-6-17/h5-11,26H,12H2,1-4H3. The van der Waals surface area contributed by atoms with Gasteiger partial charge in [-0.1, -0.05) is 0 Å². The Kier molecular flexibility index (Phi) is 5.90. The number of phenolic OH excluding ortho intramolecular Hbond substituents is 1. The van der Waals surface area contributed by atoms with Crippen LogP contribution in [-0.4, -0.2) is 35.7 Å². The van der Waals surface area contributed by atoms with Crippen molar-refractivity contribution in [3.8, 4) is 22.1 Å². The molecule has 28 heavy (non-hydrogen) atoms. The van der Waals surface area contributed by atoms with E-state index in [4.69, 9.17) is 4.74 Å². The minimum Gasteiger partial charge on any atom is -0.507 e. The maximum absolute atomic E-state index is 12.6. The molecule has 0 amide bonds. The van der Waals surface area contributed by atoms with Crippen molar-refractivity contribution in [3.05, 3.63) is 63.7 Å². The lowest BCUT2D eigenvalue weighted by atomic mass is 10.1. The number of carbonyl (C=O) groups is 1. The van der Waals surface area contributed by atoms with E-state index in [1.165, 1.54) is 11.3 Å². The number of carbonyl (C=O) groups excluding carboxylic acids is 1. The largest absolute Gasteiger partial charge is 0.507 e. The van der Waals surface area contributed by atoms with Crippen LogP contribution < -0.4 is 4.74 Å². The van der Waals surface area contributed by atoms with E-state index in [9.17, 15) is 9.90 Å². The Hall–Kier alpha value is -2.99. The highest BCUT2D eigenvalue weighted by Gasteiger charge is 2.15. The Balaban J connectivity index is 1.73. The fraction of sp³-hybridized carbons (Fsp3) is 0.227. The zero-order chi connectivity index (χ0) is 20.3. The lowest BCUT2D eigenvalue weighted by Crippen LogP contribution is -2.03. The number of phenols is 1. The molecule has 0 atom stereocenters. The Morgan fingerprint density at radius 3 is 2.43 bits per heavy atom. The minimum atomic E-state index is -0.0572. The number of hydrogen-bond acceptors (Lipinski definition) is 6. The highest BCUT2D eigenvalue weighted by atomic mass is 32.1. The van der Waals surface area contributed by atoms with Crippen molar-refractivity contribution in [1.82, 2.24) is 4.98 Å². The SMILES string of the molecule is COc1ccc(-c2nc(C)c(C(=O)CN=Cc3cc(C)c(O)c(C)c3)s2)cc1. The highest BCUT2D eigenvalue weighted by molar-refractivity contribution is 7.17. The summed E-state index contributed by atoms with van der Waals surface area (Å²) in [6.07, 6.45) is 1.66. The van der Waals surface area contributed by atoms with Crippen LogP contribution in [0.4, 0.5) is 0 Å². The molecule has 3 rings (SSSR count). The van der Waals surface area contributed by atoms with Crippen molar-refractivity contribution in [3.63, 3.8) is 0 Å². The van der Waals surface area contributed by atoms with Gasteiger partial charge in [0.25, 0.3) is 0 Å². The third kappa shape index (κ3) is 4.28. The Bertz CT molecular complexity index is 1010. The number of aromatic nitrogens is 1. The highest BCUT2D eigenvalue weighted by Crippen LogP contribution is 2.29. The molecule has 0 saturated heterocycles.